The molecule has 0 bridgehead atoms. The number of piperidine rings is 1. The minimum absolute atomic E-state index is 0.0426. The highest BCUT2D eigenvalue weighted by molar-refractivity contribution is 6.07. The smallest absolute Gasteiger partial charge is 0.255 e. The summed E-state index contributed by atoms with van der Waals surface area (Å²) in [6.07, 6.45) is 0.427. The number of carbonyl (C=O) groups excluding carboxylic acids is 5. The van der Waals surface area contributed by atoms with E-state index in [1.807, 2.05) is 0 Å². The third kappa shape index (κ3) is 4.59. The molecule has 2 N–H and O–H groups in total. The predicted octanol–water partition coefficient (Wildman–Crippen LogP) is 0.850. The highest BCUT2D eigenvalue weighted by atomic mass is 16.5. The van der Waals surface area contributed by atoms with Crippen LogP contribution in [0.4, 0.5) is 0 Å². The number of rotatable bonds is 5. The number of amides is 5. The molecule has 0 spiro atoms. The Hall–Kier alpha value is -4.05. The zero-order chi connectivity index (χ0) is 25.2. The molecule has 10 nitrogen and oxygen atoms in total. The molecule has 5 rings (SSSR count). The lowest BCUT2D eigenvalue weighted by molar-refractivity contribution is -0.136. The first-order chi connectivity index (χ1) is 17.4. The van der Waals surface area contributed by atoms with Crippen LogP contribution in [0.3, 0.4) is 0 Å². The van der Waals surface area contributed by atoms with Crippen molar-refractivity contribution in [1.29, 1.82) is 0 Å². The third-order valence-electron chi connectivity index (χ3n) is 6.78. The number of morpholine rings is 1. The molecule has 2 saturated heterocycles. The van der Waals surface area contributed by atoms with Gasteiger partial charge in [-0.15, -0.1) is 0 Å². The van der Waals surface area contributed by atoms with Gasteiger partial charge in [0.1, 0.15) is 6.04 Å². The van der Waals surface area contributed by atoms with E-state index in [2.05, 4.69) is 10.6 Å². The molecule has 0 aromatic heterocycles. The second kappa shape index (κ2) is 9.90. The van der Waals surface area contributed by atoms with E-state index in [0.717, 1.165) is 5.56 Å². The third-order valence-corrected chi connectivity index (χ3v) is 6.78. The van der Waals surface area contributed by atoms with Crippen LogP contribution in [-0.2, 0) is 27.4 Å². The summed E-state index contributed by atoms with van der Waals surface area (Å²) in [4.78, 5) is 65.5. The maximum absolute atomic E-state index is 13.0. The van der Waals surface area contributed by atoms with Crippen LogP contribution in [0.2, 0.25) is 0 Å². The van der Waals surface area contributed by atoms with E-state index in [9.17, 15) is 24.0 Å². The summed E-state index contributed by atoms with van der Waals surface area (Å²) in [5.74, 6) is -1.54. The molecule has 0 saturated carbocycles. The fourth-order valence-electron chi connectivity index (χ4n) is 4.79. The molecule has 1 unspecified atom stereocenters. The quantitative estimate of drug-likeness (QED) is 0.599. The van der Waals surface area contributed by atoms with E-state index >= 15 is 0 Å². The van der Waals surface area contributed by atoms with E-state index in [4.69, 9.17) is 4.74 Å². The maximum Gasteiger partial charge on any atom is 0.255 e. The van der Waals surface area contributed by atoms with E-state index in [-0.39, 0.29) is 49.6 Å². The van der Waals surface area contributed by atoms with Crippen molar-refractivity contribution in [2.24, 2.45) is 0 Å². The molecular weight excluding hydrogens is 464 g/mol. The molecule has 2 aromatic carbocycles. The van der Waals surface area contributed by atoms with Gasteiger partial charge in [0.15, 0.2) is 0 Å². The van der Waals surface area contributed by atoms with Gasteiger partial charge < -0.3 is 19.9 Å². The van der Waals surface area contributed by atoms with Crippen LogP contribution < -0.4 is 10.6 Å². The van der Waals surface area contributed by atoms with Crippen molar-refractivity contribution in [3.63, 3.8) is 0 Å². The second-order valence-corrected chi connectivity index (χ2v) is 9.02. The first-order valence-electron chi connectivity index (χ1n) is 11.9. The summed E-state index contributed by atoms with van der Waals surface area (Å²) in [5, 5.41) is 5.15. The maximum atomic E-state index is 13.0. The van der Waals surface area contributed by atoms with E-state index in [1.165, 1.54) is 4.90 Å². The molecule has 10 heteroatoms. The highest BCUT2D eigenvalue weighted by Crippen LogP contribution is 2.29. The average molecular weight is 491 g/mol. The van der Waals surface area contributed by atoms with Crippen molar-refractivity contribution in [2.45, 2.75) is 32.0 Å². The monoisotopic (exact) mass is 490 g/mol. The number of nitrogens with zero attached hydrogens (tertiary/aromatic N) is 2. The Labute approximate surface area is 207 Å². The van der Waals surface area contributed by atoms with Gasteiger partial charge in [0.05, 0.1) is 13.2 Å². The Balaban J connectivity index is 1.24. The largest absolute Gasteiger partial charge is 0.378 e. The van der Waals surface area contributed by atoms with Gasteiger partial charge in [0.2, 0.25) is 11.8 Å². The summed E-state index contributed by atoms with van der Waals surface area (Å²) < 4.78 is 5.29. The number of fused-ring (bicyclic) bond motifs is 1. The SMILES string of the molecule is O=C1CCC(N2Cc3c(C(=O)NCc4ccc(C(=O)N5CCOCC5)cc4)cccc3C2=O)C(=O)N1. The van der Waals surface area contributed by atoms with Crippen molar-refractivity contribution < 1.29 is 28.7 Å². The number of ether oxygens (including phenoxy) is 1. The number of carbonyl (C=O) groups is 5. The number of hydrogen-bond acceptors (Lipinski definition) is 6. The first-order valence-corrected chi connectivity index (χ1v) is 11.9. The van der Waals surface area contributed by atoms with Gasteiger partial charge in [-0.1, -0.05) is 18.2 Å². The standard InChI is InChI=1S/C26H26N4O6/c31-22-9-8-21(24(33)28-22)30-15-20-18(2-1-3-19(20)26(30)35)23(32)27-14-16-4-6-17(7-5-16)25(34)29-10-12-36-13-11-29/h1-7,21H,8-15H2,(H,27,32)(H,28,31,33). The average Bonchev–Trinajstić information content (AvgIpc) is 3.24. The molecule has 36 heavy (non-hydrogen) atoms. The van der Waals surface area contributed by atoms with Gasteiger partial charge in [-0.3, -0.25) is 29.3 Å². The summed E-state index contributed by atoms with van der Waals surface area (Å²) in [5.41, 5.74) is 2.74. The summed E-state index contributed by atoms with van der Waals surface area (Å²) in [7, 11) is 0. The molecule has 3 aliphatic rings. The molecule has 3 heterocycles. The Morgan fingerprint density at radius 2 is 1.78 bits per heavy atom. The number of imide groups is 1. The van der Waals surface area contributed by atoms with Gasteiger partial charge in [0.25, 0.3) is 17.7 Å². The lowest BCUT2D eigenvalue weighted by atomic mass is 10.0. The summed E-state index contributed by atoms with van der Waals surface area (Å²) >= 11 is 0. The highest BCUT2D eigenvalue weighted by Gasteiger charge is 2.40. The lowest BCUT2D eigenvalue weighted by Crippen LogP contribution is -2.52. The summed E-state index contributed by atoms with van der Waals surface area (Å²) in [6.45, 7) is 2.59. The fraction of sp³-hybridized carbons (Fsp3) is 0.346. The Morgan fingerprint density at radius 1 is 1.03 bits per heavy atom. The molecule has 3 aliphatic heterocycles. The van der Waals surface area contributed by atoms with Crippen LogP contribution in [-0.4, -0.2) is 71.7 Å². The van der Waals surface area contributed by atoms with Crippen LogP contribution in [0.5, 0.6) is 0 Å². The van der Waals surface area contributed by atoms with Crippen LogP contribution in [0, 0.1) is 0 Å². The molecule has 186 valence electrons. The zero-order valence-electron chi connectivity index (χ0n) is 19.6. The second-order valence-electron chi connectivity index (χ2n) is 9.02. The van der Waals surface area contributed by atoms with E-state index < -0.39 is 11.9 Å². The van der Waals surface area contributed by atoms with E-state index in [1.54, 1.807) is 47.4 Å². The molecule has 2 fully saturated rings. The van der Waals surface area contributed by atoms with Crippen molar-refractivity contribution >= 4 is 29.5 Å². The Bertz CT molecular complexity index is 1240. The van der Waals surface area contributed by atoms with Gasteiger partial charge in [-0.05, 0) is 41.8 Å². The van der Waals surface area contributed by atoms with E-state index in [0.29, 0.717) is 48.6 Å². The molecule has 0 radical (unpaired) electrons. The summed E-state index contributed by atoms with van der Waals surface area (Å²) in [6, 6.07) is 11.3. The normalized spacial score (nSPS) is 19.7. The molecule has 0 aliphatic carbocycles. The molecular formula is C26H26N4O6. The molecule has 5 amide bonds. The lowest BCUT2D eigenvalue weighted by Gasteiger charge is -2.29. The van der Waals surface area contributed by atoms with Gasteiger partial charge in [0, 0.05) is 49.3 Å². The van der Waals surface area contributed by atoms with Crippen molar-refractivity contribution in [2.75, 3.05) is 26.3 Å². The Kier molecular flexibility index (Phi) is 6.51. The van der Waals surface area contributed by atoms with Gasteiger partial charge in [-0.2, -0.15) is 0 Å². The number of nitrogens with one attached hydrogen (secondary N) is 2. The van der Waals surface area contributed by atoms with Crippen LogP contribution >= 0.6 is 0 Å². The van der Waals surface area contributed by atoms with Crippen LogP contribution in [0.25, 0.3) is 0 Å². The van der Waals surface area contributed by atoms with Crippen LogP contribution in [0.1, 0.15) is 55.0 Å². The number of hydrogen-bond donors (Lipinski definition) is 2. The molecule has 2 aromatic rings. The minimum Gasteiger partial charge on any atom is -0.378 e. The van der Waals surface area contributed by atoms with Gasteiger partial charge >= 0.3 is 0 Å². The Morgan fingerprint density at radius 3 is 2.50 bits per heavy atom. The predicted molar refractivity (Wildman–Crippen MR) is 127 cm³/mol. The van der Waals surface area contributed by atoms with Crippen LogP contribution in [0.15, 0.2) is 42.5 Å². The van der Waals surface area contributed by atoms with Crippen molar-refractivity contribution in [3.8, 4) is 0 Å². The zero-order valence-corrected chi connectivity index (χ0v) is 19.6. The fourth-order valence-corrected chi connectivity index (χ4v) is 4.79. The number of benzene rings is 2. The van der Waals surface area contributed by atoms with Gasteiger partial charge in [-0.25, -0.2) is 0 Å². The van der Waals surface area contributed by atoms with Crippen molar-refractivity contribution in [3.05, 3.63) is 70.3 Å². The van der Waals surface area contributed by atoms with Crippen molar-refractivity contribution in [1.82, 2.24) is 20.4 Å². The molecule has 1 atom stereocenters. The first kappa shape index (κ1) is 23.7. The topological polar surface area (TPSA) is 125 Å². The minimum atomic E-state index is -0.739.